The maximum atomic E-state index is 10.7. The van der Waals surface area contributed by atoms with Gasteiger partial charge < -0.3 is 10.4 Å². The van der Waals surface area contributed by atoms with Crippen molar-refractivity contribution in [2.24, 2.45) is 17.2 Å². The molecular formula is C8H15N3O3. The number of hydrazine groups is 1. The van der Waals surface area contributed by atoms with E-state index in [1.165, 1.54) is 0 Å². The molecule has 1 aliphatic rings. The summed E-state index contributed by atoms with van der Waals surface area (Å²) in [4.78, 5) is 21.4. The quantitative estimate of drug-likeness (QED) is 0.285. The fraction of sp³-hybridized carbons (Fsp3) is 0.750. The van der Waals surface area contributed by atoms with E-state index < -0.39 is 17.4 Å². The maximum absolute atomic E-state index is 10.7. The molecule has 0 aliphatic heterocycles. The second-order valence-corrected chi connectivity index (χ2v) is 3.99. The summed E-state index contributed by atoms with van der Waals surface area (Å²) >= 11 is 0. The molecule has 6 nitrogen and oxygen atoms in total. The van der Waals surface area contributed by atoms with Gasteiger partial charge in [-0.3, -0.25) is 10.2 Å². The summed E-state index contributed by atoms with van der Waals surface area (Å²) < 4.78 is 0. The lowest BCUT2D eigenvalue weighted by molar-refractivity contribution is -0.156. The summed E-state index contributed by atoms with van der Waals surface area (Å²) in [6.07, 6.45) is 1.21. The smallest absolute Gasteiger partial charge is 0.328 e. The predicted molar refractivity (Wildman–Crippen MR) is 49.2 cm³/mol. The number of hydrogen-bond donors (Lipinski definition) is 4. The largest absolute Gasteiger partial charge is 0.481 e. The van der Waals surface area contributed by atoms with Crippen molar-refractivity contribution in [3.63, 3.8) is 0 Å². The highest BCUT2D eigenvalue weighted by Gasteiger charge is 2.46. The Balaban J connectivity index is 2.22. The SMILES string of the molecule is CC1(C(=O)O)CC(CNC(=O)NN)C1. The van der Waals surface area contributed by atoms with Crippen LogP contribution in [0.25, 0.3) is 0 Å². The van der Waals surface area contributed by atoms with Gasteiger partial charge in [0.05, 0.1) is 5.41 Å². The van der Waals surface area contributed by atoms with E-state index in [-0.39, 0.29) is 5.92 Å². The van der Waals surface area contributed by atoms with Crippen LogP contribution in [0.3, 0.4) is 0 Å². The molecule has 1 aliphatic carbocycles. The molecule has 0 unspecified atom stereocenters. The molecule has 1 rings (SSSR count). The molecule has 14 heavy (non-hydrogen) atoms. The first-order valence-electron chi connectivity index (χ1n) is 4.46. The van der Waals surface area contributed by atoms with E-state index in [0.29, 0.717) is 19.4 Å². The molecule has 5 N–H and O–H groups in total. The number of carbonyl (C=O) groups is 2. The fourth-order valence-electron chi connectivity index (χ4n) is 1.82. The van der Waals surface area contributed by atoms with Crippen LogP contribution in [0.15, 0.2) is 0 Å². The third-order valence-electron chi connectivity index (χ3n) is 2.68. The van der Waals surface area contributed by atoms with Gasteiger partial charge in [0.1, 0.15) is 0 Å². The van der Waals surface area contributed by atoms with Crippen molar-refractivity contribution in [2.75, 3.05) is 6.54 Å². The van der Waals surface area contributed by atoms with Gasteiger partial charge in [0, 0.05) is 6.54 Å². The molecule has 1 fully saturated rings. The van der Waals surface area contributed by atoms with E-state index in [1.807, 2.05) is 5.43 Å². The Bertz CT molecular complexity index is 248. The highest BCUT2D eigenvalue weighted by molar-refractivity contribution is 5.75. The first-order valence-corrected chi connectivity index (χ1v) is 4.46. The fourth-order valence-corrected chi connectivity index (χ4v) is 1.82. The Morgan fingerprint density at radius 1 is 1.57 bits per heavy atom. The van der Waals surface area contributed by atoms with Crippen molar-refractivity contribution in [3.8, 4) is 0 Å². The lowest BCUT2D eigenvalue weighted by atomic mass is 9.63. The van der Waals surface area contributed by atoms with Crippen LogP contribution in [-0.4, -0.2) is 23.7 Å². The molecular weight excluding hydrogens is 186 g/mol. The van der Waals surface area contributed by atoms with E-state index in [0.717, 1.165) is 0 Å². The molecule has 0 atom stereocenters. The summed E-state index contributed by atoms with van der Waals surface area (Å²) in [7, 11) is 0. The minimum atomic E-state index is -0.767. The van der Waals surface area contributed by atoms with Gasteiger partial charge in [-0.2, -0.15) is 0 Å². The van der Waals surface area contributed by atoms with Gasteiger partial charge >= 0.3 is 12.0 Å². The number of carboxylic acid groups (broad SMARTS) is 1. The van der Waals surface area contributed by atoms with E-state index in [1.54, 1.807) is 6.92 Å². The molecule has 0 aromatic rings. The third kappa shape index (κ3) is 2.14. The summed E-state index contributed by atoms with van der Waals surface area (Å²) in [5.41, 5.74) is 1.34. The number of aliphatic carboxylic acids is 1. The van der Waals surface area contributed by atoms with Gasteiger partial charge in [-0.05, 0) is 25.7 Å². The number of rotatable bonds is 3. The molecule has 0 bridgehead atoms. The molecule has 1 saturated carbocycles. The average Bonchev–Trinajstić information content (AvgIpc) is 2.09. The molecule has 2 amide bonds. The van der Waals surface area contributed by atoms with Crippen molar-refractivity contribution >= 4 is 12.0 Å². The monoisotopic (exact) mass is 201 g/mol. The van der Waals surface area contributed by atoms with E-state index >= 15 is 0 Å². The highest BCUT2D eigenvalue weighted by atomic mass is 16.4. The maximum Gasteiger partial charge on any atom is 0.328 e. The Morgan fingerprint density at radius 2 is 2.14 bits per heavy atom. The van der Waals surface area contributed by atoms with E-state index in [9.17, 15) is 9.59 Å². The molecule has 0 aromatic carbocycles. The Kier molecular flexibility index (Phi) is 2.95. The number of nitrogens with two attached hydrogens (primary N) is 1. The standard InChI is InChI=1S/C8H15N3O3/c1-8(6(12)13)2-5(3-8)4-10-7(14)11-9/h5H,2-4,9H2,1H3,(H,12,13)(H2,10,11,14). The van der Waals surface area contributed by atoms with Gasteiger partial charge in [-0.15, -0.1) is 0 Å². The highest BCUT2D eigenvalue weighted by Crippen LogP contribution is 2.44. The molecule has 0 spiro atoms. The van der Waals surface area contributed by atoms with Crippen LogP contribution in [0.1, 0.15) is 19.8 Å². The van der Waals surface area contributed by atoms with Crippen molar-refractivity contribution in [2.45, 2.75) is 19.8 Å². The predicted octanol–water partition coefficient (Wildman–Crippen LogP) is -0.340. The van der Waals surface area contributed by atoms with Crippen molar-refractivity contribution in [3.05, 3.63) is 0 Å². The number of nitrogens with one attached hydrogen (secondary N) is 2. The van der Waals surface area contributed by atoms with Crippen LogP contribution in [0, 0.1) is 11.3 Å². The average molecular weight is 201 g/mol. The van der Waals surface area contributed by atoms with E-state index in [4.69, 9.17) is 10.9 Å². The Hall–Kier alpha value is -1.30. The zero-order valence-electron chi connectivity index (χ0n) is 8.04. The summed E-state index contributed by atoms with van der Waals surface area (Å²) in [5, 5.41) is 11.4. The number of urea groups is 1. The summed E-state index contributed by atoms with van der Waals surface area (Å²) in [6, 6.07) is -0.436. The Labute approximate surface area is 81.8 Å². The van der Waals surface area contributed by atoms with Crippen LogP contribution >= 0.6 is 0 Å². The van der Waals surface area contributed by atoms with Gasteiger partial charge in [-0.25, -0.2) is 10.6 Å². The first-order chi connectivity index (χ1) is 6.48. The molecule has 0 heterocycles. The lowest BCUT2D eigenvalue weighted by Crippen LogP contribution is -2.48. The molecule has 80 valence electrons. The second kappa shape index (κ2) is 3.83. The second-order valence-electron chi connectivity index (χ2n) is 3.99. The number of hydrogen-bond acceptors (Lipinski definition) is 3. The number of carbonyl (C=O) groups excluding carboxylic acids is 1. The number of carboxylic acids is 1. The summed E-state index contributed by atoms with van der Waals surface area (Å²) in [5.74, 6) is 4.34. The zero-order valence-corrected chi connectivity index (χ0v) is 8.04. The van der Waals surface area contributed by atoms with Crippen molar-refractivity contribution in [1.82, 2.24) is 10.7 Å². The van der Waals surface area contributed by atoms with E-state index in [2.05, 4.69) is 5.32 Å². The molecule has 0 radical (unpaired) electrons. The van der Waals surface area contributed by atoms with Crippen LogP contribution < -0.4 is 16.6 Å². The van der Waals surface area contributed by atoms with Crippen LogP contribution in [0.2, 0.25) is 0 Å². The molecule has 0 saturated heterocycles. The lowest BCUT2D eigenvalue weighted by Gasteiger charge is -2.41. The van der Waals surface area contributed by atoms with Gasteiger partial charge in [0.2, 0.25) is 0 Å². The minimum absolute atomic E-state index is 0.244. The Morgan fingerprint density at radius 3 is 2.57 bits per heavy atom. The molecule has 0 aromatic heterocycles. The third-order valence-corrected chi connectivity index (χ3v) is 2.68. The van der Waals surface area contributed by atoms with Crippen molar-refractivity contribution in [1.29, 1.82) is 0 Å². The topological polar surface area (TPSA) is 104 Å². The normalized spacial score (nSPS) is 30.3. The van der Waals surface area contributed by atoms with Crippen LogP contribution in [0.4, 0.5) is 4.79 Å². The molecule has 6 heteroatoms. The summed E-state index contributed by atoms with van der Waals surface area (Å²) in [6.45, 7) is 2.20. The van der Waals surface area contributed by atoms with Crippen LogP contribution in [0.5, 0.6) is 0 Å². The van der Waals surface area contributed by atoms with Gasteiger partial charge in [0.25, 0.3) is 0 Å². The minimum Gasteiger partial charge on any atom is -0.481 e. The van der Waals surface area contributed by atoms with Crippen molar-refractivity contribution < 1.29 is 14.7 Å². The van der Waals surface area contributed by atoms with Crippen LogP contribution in [-0.2, 0) is 4.79 Å². The van der Waals surface area contributed by atoms with Gasteiger partial charge in [-0.1, -0.05) is 0 Å². The van der Waals surface area contributed by atoms with Gasteiger partial charge in [0.15, 0.2) is 0 Å². The first kappa shape index (κ1) is 10.8. The zero-order chi connectivity index (χ0) is 10.8. The number of amides is 2.